The molecular weight excluding hydrogens is 164 g/mol. The first-order valence-corrected chi connectivity index (χ1v) is 4.32. The first kappa shape index (κ1) is 14.3. The van der Waals surface area contributed by atoms with E-state index in [0.717, 1.165) is 30.1 Å². The van der Waals surface area contributed by atoms with Gasteiger partial charge in [0.15, 0.2) is 0 Å². The predicted molar refractivity (Wildman–Crippen MR) is 55.6 cm³/mol. The number of allylic oxidation sites excluding steroid dienone is 4. The zero-order valence-corrected chi connectivity index (χ0v) is 8.83. The minimum Gasteiger partial charge on any atom is -0.298 e. The number of hydrogen-bond donors (Lipinski definition) is 0. The highest BCUT2D eigenvalue weighted by Gasteiger charge is 1.76. The lowest BCUT2D eigenvalue weighted by Crippen LogP contribution is -1.72. The van der Waals surface area contributed by atoms with E-state index in [1.54, 1.807) is 19.9 Å². The smallest absolute Gasteiger partial charge is 0.145 e. The lowest BCUT2D eigenvalue weighted by molar-refractivity contribution is -0.105. The van der Waals surface area contributed by atoms with E-state index < -0.39 is 0 Å². The van der Waals surface area contributed by atoms with Gasteiger partial charge in [0.05, 0.1) is 0 Å². The van der Waals surface area contributed by atoms with Gasteiger partial charge >= 0.3 is 0 Å². The Balaban J connectivity index is 0. The minimum atomic E-state index is 0.787. The molecule has 0 atom stereocenters. The second-order valence-electron chi connectivity index (χ2n) is 2.62. The third kappa shape index (κ3) is 13.8. The molecule has 0 bridgehead atoms. The molecule has 13 heavy (non-hydrogen) atoms. The summed E-state index contributed by atoms with van der Waals surface area (Å²) in [6, 6.07) is 0. The second kappa shape index (κ2) is 10.8. The van der Waals surface area contributed by atoms with Crippen molar-refractivity contribution >= 4 is 12.6 Å². The summed E-state index contributed by atoms with van der Waals surface area (Å²) in [7, 11) is 0. The van der Waals surface area contributed by atoms with Gasteiger partial charge in [0.1, 0.15) is 12.6 Å². The Morgan fingerprint density at radius 2 is 1.54 bits per heavy atom. The number of aldehydes is 2. The van der Waals surface area contributed by atoms with Crippen molar-refractivity contribution in [3.05, 3.63) is 23.3 Å². The summed E-state index contributed by atoms with van der Waals surface area (Å²) in [5.74, 6) is 0. The molecule has 0 aliphatic heterocycles. The third-order valence-electron chi connectivity index (χ3n) is 1.35. The summed E-state index contributed by atoms with van der Waals surface area (Å²) >= 11 is 0. The molecule has 0 heterocycles. The van der Waals surface area contributed by atoms with E-state index in [1.807, 2.05) is 19.9 Å². The van der Waals surface area contributed by atoms with Gasteiger partial charge in [-0.2, -0.15) is 0 Å². The van der Waals surface area contributed by atoms with Crippen LogP contribution in [0.15, 0.2) is 23.3 Å². The van der Waals surface area contributed by atoms with Gasteiger partial charge in [0, 0.05) is 0 Å². The zero-order valence-electron chi connectivity index (χ0n) is 8.83. The molecule has 0 aromatic heterocycles. The molecule has 0 spiro atoms. The Morgan fingerprint density at radius 3 is 1.62 bits per heavy atom. The summed E-state index contributed by atoms with van der Waals surface area (Å²) in [5, 5.41) is 0. The predicted octanol–water partition coefficient (Wildman–Crippen LogP) is 2.69. The molecule has 0 rings (SSSR count). The number of rotatable bonds is 3. The van der Waals surface area contributed by atoms with Crippen molar-refractivity contribution in [1.29, 1.82) is 0 Å². The Bertz CT molecular complexity index is 200. The number of carbonyl (C=O) groups is 2. The topological polar surface area (TPSA) is 34.1 Å². The molecule has 0 fully saturated rings. The van der Waals surface area contributed by atoms with E-state index in [4.69, 9.17) is 0 Å². The summed E-state index contributed by atoms with van der Waals surface area (Å²) in [6.07, 6.45) is 6.31. The van der Waals surface area contributed by atoms with Crippen LogP contribution in [-0.4, -0.2) is 12.6 Å². The van der Waals surface area contributed by atoms with Crippen molar-refractivity contribution in [1.82, 2.24) is 0 Å². The van der Waals surface area contributed by atoms with Gasteiger partial charge < -0.3 is 0 Å². The average molecular weight is 182 g/mol. The first-order chi connectivity index (χ1) is 6.12. The molecule has 2 nitrogen and oxygen atoms in total. The molecule has 0 unspecified atom stereocenters. The highest BCUT2D eigenvalue weighted by molar-refractivity contribution is 5.72. The molecule has 0 saturated heterocycles. The van der Waals surface area contributed by atoms with Crippen LogP contribution < -0.4 is 0 Å². The molecular formula is C11H18O2. The van der Waals surface area contributed by atoms with E-state index in [-0.39, 0.29) is 0 Å². The molecule has 0 aromatic carbocycles. The molecule has 0 amide bonds. The summed E-state index contributed by atoms with van der Waals surface area (Å²) in [6.45, 7) is 7.42. The minimum absolute atomic E-state index is 0.787. The number of carbonyl (C=O) groups excluding carboxylic acids is 2. The normalized spacial score (nSPS) is 11.4. The van der Waals surface area contributed by atoms with Crippen molar-refractivity contribution in [2.24, 2.45) is 0 Å². The van der Waals surface area contributed by atoms with Crippen LogP contribution in [0.2, 0.25) is 0 Å². The summed E-state index contributed by atoms with van der Waals surface area (Å²) < 4.78 is 0. The van der Waals surface area contributed by atoms with Gasteiger partial charge in [-0.15, -0.1) is 0 Å². The van der Waals surface area contributed by atoms with E-state index in [0.29, 0.717) is 0 Å². The fraction of sp³-hybridized carbons (Fsp3) is 0.455. The summed E-state index contributed by atoms with van der Waals surface area (Å²) in [5.41, 5.74) is 1.61. The highest BCUT2D eigenvalue weighted by atomic mass is 16.1. The molecule has 0 aliphatic carbocycles. The fourth-order valence-electron chi connectivity index (χ4n) is 0.438. The lowest BCUT2D eigenvalue weighted by atomic mass is 10.3. The third-order valence-corrected chi connectivity index (χ3v) is 1.35. The van der Waals surface area contributed by atoms with E-state index in [1.165, 1.54) is 0 Å². The van der Waals surface area contributed by atoms with Crippen molar-refractivity contribution < 1.29 is 9.59 Å². The van der Waals surface area contributed by atoms with Crippen LogP contribution >= 0.6 is 0 Å². The number of hydrogen-bond acceptors (Lipinski definition) is 2. The van der Waals surface area contributed by atoms with Crippen LogP contribution in [0.4, 0.5) is 0 Å². The Kier molecular flexibility index (Phi) is 11.9. The van der Waals surface area contributed by atoms with Crippen molar-refractivity contribution in [3.63, 3.8) is 0 Å². The van der Waals surface area contributed by atoms with Crippen LogP contribution in [0.1, 0.15) is 34.1 Å². The van der Waals surface area contributed by atoms with Gasteiger partial charge in [-0.25, -0.2) is 0 Å². The first-order valence-electron chi connectivity index (χ1n) is 4.32. The lowest BCUT2D eigenvalue weighted by Gasteiger charge is -1.79. The molecule has 2 heteroatoms. The Morgan fingerprint density at radius 1 is 1.08 bits per heavy atom. The quantitative estimate of drug-likeness (QED) is 0.496. The maximum Gasteiger partial charge on any atom is 0.145 e. The zero-order chi connectivity index (χ0) is 10.7. The van der Waals surface area contributed by atoms with E-state index in [2.05, 4.69) is 0 Å². The largest absolute Gasteiger partial charge is 0.298 e. The SMILES string of the molecule is C/C=C(\C)C=O.CC/C=C(\C)C=O. The monoisotopic (exact) mass is 182 g/mol. The summed E-state index contributed by atoms with van der Waals surface area (Å²) in [4.78, 5) is 19.5. The molecule has 0 N–H and O–H groups in total. The van der Waals surface area contributed by atoms with Gasteiger partial charge in [0.2, 0.25) is 0 Å². The van der Waals surface area contributed by atoms with Crippen LogP contribution in [0, 0.1) is 0 Å². The van der Waals surface area contributed by atoms with Gasteiger partial charge in [-0.05, 0) is 38.3 Å². The van der Waals surface area contributed by atoms with Gasteiger partial charge in [-0.1, -0.05) is 19.1 Å². The highest BCUT2D eigenvalue weighted by Crippen LogP contribution is 1.87. The maximum atomic E-state index is 9.83. The van der Waals surface area contributed by atoms with Crippen molar-refractivity contribution in [2.75, 3.05) is 0 Å². The fourth-order valence-corrected chi connectivity index (χ4v) is 0.438. The second-order valence-corrected chi connectivity index (χ2v) is 2.62. The Labute approximate surface area is 80.3 Å². The average Bonchev–Trinajstić information content (AvgIpc) is 2.18. The van der Waals surface area contributed by atoms with Gasteiger partial charge in [0.25, 0.3) is 0 Å². The van der Waals surface area contributed by atoms with Crippen molar-refractivity contribution in [3.8, 4) is 0 Å². The molecule has 0 radical (unpaired) electrons. The molecule has 74 valence electrons. The van der Waals surface area contributed by atoms with Crippen LogP contribution in [-0.2, 0) is 9.59 Å². The van der Waals surface area contributed by atoms with Crippen LogP contribution in [0.5, 0.6) is 0 Å². The van der Waals surface area contributed by atoms with Gasteiger partial charge in [-0.3, -0.25) is 9.59 Å². The maximum absolute atomic E-state index is 9.83. The molecule has 0 aliphatic rings. The Hall–Kier alpha value is -1.18. The van der Waals surface area contributed by atoms with E-state index in [9.17, 15) is 9.59 Å². The standard InChI is InChI=1S/C6H10O.C5H8O/c1-3-4-6(2)5-7;1-3-5(2)4-6/h4-5H,3H2,1-2H3;3-4H,1-2H3/b6-4+;5-3+. The van der Waals surface area contributed by atoms with E-state index >= 15 is 0 Å². The molecule has 0 aromatic rings. The van der Waals surface area contributed by atoms with Crippen LogP contribution in [0.3, 0.4) is 0 Å². The van der Waals surface area contributed by atoms with Crippen molar-refractivity contribution in [2.45, 2.75) is 34.1 Å². The molecule has 0 saturated carbocycles. The van der Waals surface area contributed by atoms with Crippen LogP contribution in [0.25, 0.3) is 0 Å².